The molecule has 1 saturated carbocycles. The Morgan fingerprint density at radius 3 is 2.61 bits per heavy atom. The molecule has 38 heavy (non-hydrogen) atoms. The Bertz CT molecular complexity index is 1460. The van der Waals surface area contributed by atoms with Crippen molar-refractivity contribution in [3.8, 4) is 17.0 Å². The number of hydrogen-bond donors (Lipinski definition) is 2. The number of rotatable bonds is 6. The number of carbonyl (C=O) groups is 3. The molecule has 2 aliphatic heterocycles. The molecule has 10 nitrogen and oxygen atoms in total. The number of fused-ring (bicyclic) bond motifs is 2. The molecule has 0 radical (unpaired) electrons. The van der Waals surface area contributed by atoms with E-state index in [4.69, 9.17) is 16.3 Å². The van der Waals surface area contributed by atoms with Crippen LogP contribution in [-0.4, -0.2) is 61.1 Å². The second-order valence-electron chi connectivity index (χ2n) is 10.7. The molecule has 6 rings (SSSR count). The Morgan fingerprint density at radius 2 is 1.95 bits per heavy atom. The van der Waals surface area contributed by atoms with Gasteiger partial charge in [0, 0.05) is 29.7 Å². The number of hydrogen-bond acceptors (Lipinski definition) is 7. The number of halogens is 2. The number of benzene rings is 1. The third-order valence-electron chi connectivity index (χ3n) is 7.86. The number of ether oxygens (including phenoxy) is 1. The predicted octanol–water partition coefficient (Wildman–Crippen LogP) is 3.11. The van der Waals surface area contributed by atoms with Gasteiger partial charge in [-0.1, -0.05) is 25.4 Å². The predicted molar refractivity (Wildman–Crippen MR) is 140 cm³/mol. The normalized spacial score (nSPS) is 25.4. The number of aliphatic carboxylic acids is 1. The summed E-state index contributed by atoms with van der Waals surface area (Å²) in [5.74, 6) is -1.04. The van der Waals surface area contributed by atoms with Crippen LogP contribution in [-0.2, 0) is 20.9 Å². The summed E-state index contributed by atoms with van der Waals surface area (Å²) in [5.41, 5.74) is 3.19. The first-order chi connectivity index (χ1) is 17.6. The second-order valence-corrected chi connectivity index (χ2v) is 11.1. The largest absolute Gasteiger partial charge is 0.488 e. The van der Waals surface area contributed by atoms with Crippen LogP contribution in [0.2, 0.25) is 5.02 Å². The lowest BCUT2D eigenvalue weighted by Crippen LogP contribution is -2.35. The van der Waals surface area contributed by atoms with Crippen molar-refractivity contribution in [3.63, 3.8) is 0 Å². The van der Waals surface area contributed by atoms with Crippen molar-refractivity contribution in [2.75, 3.05) is 6.54 Å². The first kappa shape index (κ1) is 26.4. The van der Waals surface area contributed by atoms with E-state index in [2.05, 4.69) is 15.4 Å². The molecule has 200 valence electrons. The molecule has 0 spiro atoms. The lowest BCUT2D eigenvalue weighted by molar-refractivity contribution is -0.144. The second kappa shape index (κ2) is 9.21. The van der Waals surface area contributed by atoms with Crippen LogP contribution >= 0.6 is 24.0 Å². The lowest BCUT2D eigenvalue weighted by Gasteiger charge is -2.19. The average molecular weight is 560 g/mol. The summed E-state index contributed by atoms with van der Waals surface area (Å²) in [6.07, 6.45) is 3.21. The van der Waals surface area contributed by atoms with Gasteiger partial charge < -0.3 is 15.2 Å². The highest BCUT2D eigenvalue weighted by Gasteiger charge is 2.72. The number of aromatic nitrogens is 3. The Morgan fingerprint density at radius 1 is 1.24 bits per heavy atom. The Labute approximate surface area is 229 Å². The van der Waals surface area contributed by atoms with E-state index in [0.29, 0.717) is 40.5 Å². The highest BCUT2D eigenvalue weighted by Crippen LogP contribution is 2.63. The number of piperidine rings is 1. The van der Waals surface area contributed by atoms with Gasteiger partial charge in [-0.05, 0) is 41.7 Å². The van der Waals surface area contributed by atoms with Gasteiger partial charge >= 0.3 is 5.97 Å². The number of amides is 2. The standard InChI is InChI=1S/C26H26ClN5O5.ClH/c1-12-4-14(27)6-16(22(12)37-15-7-17(25(35)36)28-8-15)21-18-5-13(10-32(18)30-11-29-21)9-31-23(33)19-20(24(31)34)26(19,2)3;/h4-6,10-11,15,17,19-20,28H,7-9H2,1-3H3,(H,35,36);1H/t15-,17-,19?,20?;/m0./s1. The molecule has 2 saturated heterocycles. The zero-order chi connectivity index (χ0) is 26.2. The van der Waals surface area contributed by atoms with Crippen LogP contribution in [0.3, 0.4) is 0 Å². The van der Waals surface area contributed by atoms with Gasteiger partial charge in [-0.25, -0.2) is 9.50 Å². The van der Waals surface area contributed by atoms with Gasteiger partial charge in [0.25, 0.3) is 0 Å². The third-order valence-corrected chi connectivity index (χ3v) is 8.08. The molecule has 4 heterocycles. The molecule has 2 aromatic heterocycles. The van der Waals surface area contributed by atoms with Gasteiger partial charge in [0.2, 0.25) is 11.8 Å². The lowest BCUT2D eigenvalue weighted by atomic mass is 10.0. The number of nitrogens with one attached hydrogen (secondary N) is 1. The summed E-state index contributed by atoms with van der Waals surface area (Å²) in [6, 6.07) is 4.76. The molecule has 2 N–H and O–H groups in total. The van der Waals surface area contributed by atoms with Crippen LogP contribution in [0.4, 0.5) is 0 Å². The van der Waals surface area contributed by atoms with Crippen molar-refractivity contribution in [1.82, 2.24) is 24.8 Å². The van der Waals surface area contributed by atoms with Gasteiger partial charge in [-0.15, -0.1) is 12.4 Å². The zero-order valence-electron chi connectivity index (χ0n) is 21.0. The first-order valence-corrected chi connectivity index (χ1v) is 12.5. The fourth-order valence-corrected chi connectivity index (χ4v) is 6.10. The van der Waals surface area contributed by atoms with Crippen LogP contribution in [0.25, 0.3) is 16.8 Å². The van der Waals surface area contributed by atoms with Crippen molar-refractivity contribution in [2.24, 2.45) is 17.3 Å². The molecule has 2 unspecified atom stereocenters. The number of carboxylic acids is 1. The van der Waals surface area contributed by atoms with Gasteiger partial charge in [0.15, 0.2) is 0 Å². The maximum atomic E-state index is 12.8. The van der Waals surface area contributed by atoms with Crippen molar-refractivity contribution in [2.45, 2.75) is 45.9 Å². The Hall–Kier alpha value is -3.21. The number of aryl methyl sites for hydroxylation is 1. The Balaban J connectivity index is 0.00000294. The third kappa shape index (κ3) is 4.11. The quantitative estimate of drug-likeness (QED) is 0.441. The topological polar surface area (TPSA) is 126 Å². The minimum atomic E-state index is -0.909. The number of imide groups is 1. The van der Waals surface area contributed by atoms with E-state index in [0.717, 1.165) is 11.1 Å². The van der Waals surface area contributed by atoms with Crippen LogP contribution in [0.15, 0.2) is 30.7 Å². The van der Waals surface area contributed by atoms with Gasteiger partial charge in [-0.2, -0.15) is 5.10 Å². The summed E-state index contributed by atoms with van der Waals surface area (Å²) in [6.45, 7) is 6.37. The first-order valence-electron chi connectivity index (χ1n) is 12.2. The van der Waals surface area contributed by atoms with Crippen molar-refractivity contribution < 1.29 is 24.2 Å². The smallest absolute Gasteiger partial charge is 0.320 e. The summed E-state index contributed by atoms with van der Waals surface area (Å²) < 4.78 is 7.96. The average Bonchev–Trinajstić information content (AvgIpc) is 3.24. The van der Waals surface area contributed by atoms with Gasteiger partial charge in [0.1, 0.15) is 29.9 Å². The molecule has 3 fully saturated rings. The summed E-state index contributed by atoms with van der Waals surface area (Å²) in [7, 11) is 0. The maximum absolute atomic E-state index is 12.8. The fourth-order valence-electron chi connectivity index (χ4n) is 5.83. The van der Waals surface area contributed by atoms with Crippen LogP contribution in [0, 0.1) is 24.2 Å². The molecule has 12 heteroatoms. The van der Waals surface area contributed by atoms with Crippen LogP contribution < -0.4 is 10.1 Å². The summed E-state index contributed by atoms with van der Waals surface area (Å²) in [4.78, 5) is 42.9. The fraction of sp³-hybridized carbons (Fsp3) is 0.423. The summed E-state index contributed by atoms with van der Waals surface area (Å²) >= 11 is 6.42. The minimum absolute atomic E-state index is 0. The van der Waals surface area contributed by atoms with E-state index < -0.39 is 12.0 Å². The molecule has 2 amide bonds. The molecular weight excluding hydrogens is 533 g/mol. The van der Waals surface area contributed by atoms with E-state index >= 15 is 0 Å². The number of carbonyl (C=O) groups excluding carboxylic acids is 2. The van der Waals surface area contributed by atoms with Crippen molar-refractivity contribution in [3.05, 3.63) is 46.9 Å². The number of likely N-dealkylation sites (tertiary alicyclic amines) is 1. The highest BCUT2D eigenvalue weighted by molar-refractivity contribution is 6.31. The van der Waals surface area contributed by atoms with E-state index in [9.17, 15) is 19.5 Å². The van der Waals surface area contributed by atoms with Crippen LogP contribution in [0.1, 0.15) is 31.4 Å². The SMILES string of the molecule is Cc1cc(Cl)cc(-c2ncnn3cc(CN4C(=O)C5C(C4=O)C5(C)C)cc23)c1O[C@@H]1CN[C@H](C(=O)O)C1.Cl. The van der Waals surface area contributed by atoms with Crippen molar-refractivity contribution in [1.29, 1.82) is 0 Å². The highest BCUT2D eigenvalue weighted by atomic mass is 35.5. The van der Waals surface area contributed by atoms with E-state index in [1.54, 1.807) is 22.8 Å². The van der Waals surface area contributed by atoms with E-state index in [-0.39, 0.29) is 54.1 Å². The molecule has 4 atom stereocenters. The van der Waals surface area contributed by atoms with E-state index in [1.165, 1.54) is 11.2 Å². The minimum Gasteiger partial charge on any atom is -0.488 e. The molecule has 3 aromatic rings. The zero-order valence-corrected chi connectivity index (χ0v) is 22.5. The number of carboxylic acid groups (broad SMARTS) is 1. The maximum Gasteiger partial charge on any atom is 0.320 e. The van der Waals surface area contributed by atoms with Gasteiger partial charge in [0.05, 0.1) is 23.9 Å². The molecular formula is C26H27Cl2N5O5. The summed E-state index contributed by atoms with van der Waals surface area (Å²) in [5, 5.41) is 17.1. The van der Waals surface area contributed by atoms with E-state index in [1.807, 2.05) is 26.8 Å². The van der Waals surface area contributed by atoms with Crippen LogP contribution in [0.5, 0.6) is 5.75 Å². The Kier molecular flexibility index (Phi) is 6.40. The molecule has 1 aromatic carbocycles. The van der Waals surface area contributed by atoms with Gasteiger partial charge in [-0.3, -0.25) is 19.3 Å². The van der Waals surface area contributed by atoms with Crippen molar-refractivity contribution >= 4 is 47.3 Å². The molecule has 1 aliphatic carbocycles. The monoisotopic (exact) mass is 559 g/mol. The molecule has 0 bridgehead atoms. The molecule has 3 aliphatic rings. The number of nitrogens with zero attached hydrogens (tertiary/aromatic N) is 4.